The number of hydrogen-bond donors (Lipinski definition) is 3. The maximum absolute atomic E-state index is 9.06. The van der Waals surface area contributed by atoms with E-state index in [0.29, 0.717) is 0 Å². The molecule has 0 atom stereocenters. The van der Waals surface area contributed by atoms with Crippen LogP contribution in [0.25, 0.3) is 0 Å². The maximum Gasteiger partial charge on any atom is 0.0633 e. The summed E-state index contributed by atoms with van der Waals surface area (Å²) in [5.74, 6) is 0. The maximum atomic E-state index is 9.06. The van der Waals surface area contributed by atoms with Crippen LogP contribution in [0.3, 0.4) is 0 Å². The van der Waals surface area contributed by atoms with E-state index in [2.05, 4.69) is 17.4 Å². The van der Waals surface area contributed by atoms with Crippen LogP contribution in [-0.4, -0.2) is 35.5 Å². The normalized spacial score (nSPS) is 11.7. The van der Waals surface area contributed by atoms with Gasteiger partial charge in [0.2, 0.25) is 0 Å². The Bertz CT molecular complexity index is 270. The van der Waals surface area contributed by atoms with E-state index in [1.807, 2.05) is 18.2 Å². The van der Waals surface area contributed by atoms with Crippen LogP contribution in [0.5, 0.6) is 0 Å². The monoisotopic (exact) mass is 209 g/mol. The van der Waals surface area contributed by atoms with E-state index in [-0.39, 0.29) is 13.2 Å². The van der Waals surface area contributed by atoms with Gasteiger partial charge in [-0.25, -0.2) is 0 Å². The zero-order valence-electron chi connectivity index (χ0n) is 9.11. The van der Waals surface area contributed by atoms with Crippen LogP contribution in [0.4, 0.5) is 0 Å². The Labute approximate surface area is 90.8 Å². The highest BCUT2D eigenvalue weighted by Gasteiger charge is 2.20. The first-order valence-corrected chi connectivity index (χ1v) is 5.21. The molecular formula is C12H19NO2. The predicted molar refractivity (Wildman–Crippen MR) is 60.7 cm³/mol. The number of hydrogen-bond acceptors (Lipinski definition) is 3. The van der Waals surface area contributed by atoms with Gasteiger partial charge in [0.1, 0.15) is 0 Å². The van der Waals surface area contributed by atoms with Gasteiger partial charge in [-0.2, -0.15) is 0 Å². The van der Waals surface area contributed by atoms with Crippen LogP contribution in [0.2, 0.25) is 0 Å². The average Bonchev–Trinajstić information content (AvgIpc) is 2.30. The fourth-order valence-corrected chi connectivity index (χ4v) is 1.32. The van der Waals surface area contributed by atoms with Gasteiger partial charge in [-0.15, -0.1) is 0 Å². The van der Waals surface area contributed by atoms with Crippen molar-refractivity contribution in [3.63, 3.8) is 0 Å². The lowest BCUT2D eigenvalue weighted by atomic mass is 10.0. The minimum atomic E-state index is -0.575. The van der Waals surface area contributed by atoms with Crippen molar-refractivity contribution in [2.75, 3.05) is 19.8 Å². The minimum absolute atomic E-state index is 0.0573. The van der Waals surface area contributed by atoms with Gasteiger partial charge in [-0.1, -0.05) is 30.3 Å². The first kappa shape index (κ1) is 12.2. The molecule has 0 bridgehead atoms. The summed E-state index contributed by atoms with van der Waals surface area (Å²) in [6.07, 6.45) is 0.899. The summed E-state index contributed by atoms with van der Waals surface area (Å²) >= 11 is 0. The number of aliphatic hydroxyl groups is 2. The summed E-state index contributed by atoms with van der Waals surface area (Å²) < 4.78 is 0. The van der Waals surface area contributed by atoms with Gasteiger partial charge in [0.25, 0.3) is 0 Å². The second kappa shape index (κ2) is 5.85. The smallest absolute Gasteiger partial charge is 0.0633 e. The van der Waals surface area contributed by atoms with Crippen LogP contribution in [0.1, 0.15) is 12.5 Å². The predicted octanol–water partition coefficient (Wildman–Crippen LogP) is 0.562. The molecule has 0 aromatic heterocycles. The SMILES string of the molecule is CC(CO)(CO)NCCc1ccccc1. The summed E-state index contributed by atoms with van der Waals surface area (Å²) in [6, 6.07) is 10.1. The minimum Gasteiger partial charge on any atom is -0.394 e. The highest BCUT2D eigenvalue weighted by Crippen LogP contribution is 2.02. The molecule has 3 heteroatoms. The van der Waals surface area contributed by atoms with Crippen LogP contribution in [0.15, 0.2) is 30.3 Å². The third-order valence-corrected chi connectivity index (χ3v) is 2.51. The van der Waals surface area contributed by atoms with Gasteiger partial charge in [0.05, 0.1) is 18.8 Å². The zero-order chi connectivity index (χ0) is 11.1. The van der Waals surface area contributed by atoms with E-state index in [4.69, 9.17) is 10.2 Å². The van der Waals surface area contributed by atoms with Crippen molar-refractivity contribution in [1.82, 2.24) is 5.32 Å². The van der Waals surface area contributed by atoms with Crippen LogP contribution in [-0.2, 0) is 6.42 Å². The molecule has 0 amide bonds. The molecule has 0 aliphatic rings. The third-order valence-electron chi connectivity index (χ3n) is 2.51. The van der Waals surface area contributed by atoms with Crippen LogP contribution >= 0.6 is 0 Å². The Morgan fingerprint density at radius 3 is 2.27 bits per heavy atom. The lowest BCUT2D eigenvalue weighted by Gasteiger charge is -2.26. The molecule has 1 aromatic carbocycles. The van der Waals surface area contributed by atoms with Crippen molar-refractivity contribution >= 4 is 0 Å². The summed E-state index contributed by atoms with van der Waals surface area (Å²) in [5, 5.41) is 21.3. The molecule has 3 N–H and O–H groups in total. The quantitative estimate of drug-likeness (QED) is 0.642. The van der Waals surface area contributed by atoms with Gasteiger partial charge in [0, 0.05) is 0 Å². The number of nitrogens with one attached hydrogen (secondary N) is 1. The Hall–Kier alpha value is -0.900. The Morgan fingerprint density at radius 1 is 1.13 bits per heavy atom. The van der Waals surface area contributed by atoms with Crippen molar-refractivity contribution < 1.29 is 10.2 Å². The molecule has 0 heterocycles. The number of aliphatic hydroxyl groups excluding tert-OH is 2. The van der Waals surface area contributed by atoms with Crippen LogP contribution < -0.4 is 5.32 Å². The fraction of sp³-hybridized carbons (Fsp3) is 0.500. The molecule has 0 aliphatic carbocycles. The molecule has 0 aliphatic heterocycles. The molecule has 0 fully saturated rings. The molecule has 1 rings (SSSR count). The molecule has 84 valence electrons. The summed E-state index contributed by atoms with van der Waals surface area (Å²) in [4.78, 5) is 0. The van der Waals surface area contributed by atoms with Gasteiger partial charge in [-0.05, 0) is 25.5 Å². The molecule has 0 saturated carbocycles. The van der Waals surface area contributed by atoms with E-state index in [9.17, 15) is 0 Å². The molecular weight excluding hydrogens is 190 g/mol. The molecule has 0 spiro atoms. The molecule has 0 saturated heterocycles. The van der Waals surface area contributed by atoms with E-state index in [1.54, 1.807) is 6.92 Å². The van der Waals surface area contributed by atoms with Gasteiger partial charge >= 0.3 is 0 Å². The standard InChI is InChI=1S/C12H19NO2/c1-12(9-14,10-15)13-8-7-11-5-3-2-4-6-11/h2-6,13-15H,7-10H2,1H3. The third kappa shape index (κ3) is 4.00. The van der Waals surface area contributed by atoms with Crippen molar-refractivity contribution in [2.24, 2.45) is 0 Å². The van der Waals surface area contributed by atoms with Crippen molar-refractivity contribution in [2.45, 2.75) is 18.9 Å². The van der Waals surface area contributed by atoms with Gasteiger partial charge in [0.15, 0.2) is 0 Å². The van der Waals surface area contributed by atoms with Gasteiger partial charge < -0.3 is 15.5 Å². The van der Waals surface area contributed by atoms with E-state index >= 15 is 0 Å². The summed E-state index contributed by atoms with van der Waals surface area (Å²) in [6.45, 7) is 2.44. The molecule has 15 heavy (non-hydrogen) atoms. The first-order chi connectivity index (χ1) is 7.20. The number of rotatable bonds is 6. The summed E-state index contributed by atoms with van der Waals surface area (Å²) in [5.41, 5.74) is 0.678. The topological polar surface area (TPSA) is 52.5 Å². The fourth-order valence-electron chi connectivity index (χ4n) is 1.32. The highest BCUT2D eigenvalue weighted by atomic mass is 16.3. The van der Waals surface area contributed by atoms with Crippen molar-refractivity contribution in [3.05, 3.63) is 35.9 Å². The van der Waals surface area contributed by atoms with E-state index in [0.717, 1.165) is 13.0 Å². The van der Waals surface area contributed by atoms with E-state index in [1.165, 1.54) is 5.56 Å². The lowest BCUT2D eigenvalue weighted by Crippen LogP contribution is -2.49. The highest BCUT2D eigenvalue weighted by molar-refractivity contribution is 5.14. The average molecular weight is 209 g/mol. The van der Waals surface area contributed by atoms with Crippen molar-refractivity contribution in [1.29, 1.82) is 0 Å². The Balaban J connectivity index is 2.33. The Kier molecular flexibility index (Phi) is 4.75. The second-order valence-corrected chi connectivity index (χ2v) is 4.04. The lowest BCUT2D eigenvalue weighted by molar-refractivity contribution is 0.105. The first-order valence-electron chi connectivity index (χ1n) is 5.21. The van der Waals surface area contributed by atoms with Crippen LogP contribution in [0, 0.1) is 0 Å². The molecule has 3 nitrogen and oxygen atoms in total. The molecule has 0 unspecified atom stereocenters. The molecule has 0 radical (unpaired) electrons. The van der Waals surface area contributed by atoms with Crippen molar-refractivity contribution in [3.8, 4) is 0 Å². The second-order valence-electron chi connectivity index (χ2n) is 4.04. The van der Waals surface area contributed by atoms with Gasteiger partial charge in [-0.3, -0.25) is 0 Å². The van der Waals surface area contributed by atoms with E-state index < -0.39 is 5.54 Å². The number of benzene rings is 1. The zero-order valence-corrected chi connectivity index (χ0v) is 9.11. The molecule has 1 aromatic rings. The Morgan fingerprint density at radius 2 is 1.73 bits per heavy atom. The largest absolute Gasteiger partial charge is 0.394 e. The summed E-state index contributed by atoms with van der Waals surface area (Å²) in [7, 11) is 0.